The van der Waals surface area contributed by atoms with E-state index in [1.807, 2.05) is 6.07 Å². The van der Waals surface area contributed by atoms with E-state index in [4.69, 9.17) is 11.6 Å². The van der Waals surface area contributed by atoms with Gasteiger partial charge in [0.05, 0.1) is 20.6 Å². The number of hydrogen-bond acceptors (Lipinski definition) is 3. The molecule has 1 aromatic heterocycles. The lowest BCUT2D eigenvalue weighted by molar-refractivity contribution is 0.585. The molecule has 1 heterocycles. The molecule has 2 aromatic rings. The molecule has 0 amide bonds. The number of rotatable bonds is 3. The van der Waals surface area contributed by atoms with Crippen LogP contribution in [0, 0.1) is 11.6 Å². The van der Waals surface area contributed by atoms with Gasteiger partial charge in [-0.3, -0.25) is 5.43 Å². The largest absolute Gasteiger partial charge is 0.275 e. The van der Waals surface area contributed by atoms with Crippen LogP contribution in [0.3, 0.4) is 0 Å². The van der Waals surface area contributed by atoms with Crippen LogP contribution in [-0.2, 0) is 0 Å². The molecule has 0 aliphatic heterocycles. The van der Waals surface area contributed by atoms with Crippen LogP contribution in [0.2, 0.25) is 4.34 Å². The highest BCUT2D eigenvalue weighted by atomic mass is 35.5. The Morgan fingerprint density at radius 1 is 1.28 bits per heavy atom. The first-order chi connectivity index (χ1) is 8.56. The number of hydrazone groups is 1. The second-order valence-corrected chi connectivity index (χ2v) is 5.25. The zero-order valence-electron chi connectivity index (χ0n) is 9.38. The fourth-order valence-corrected chi connectivity index (χ4v) is 2.28. The summed E-state index contributed by atoms with van der Waals surface area (Å²) in [5.74, 6) is -1.31. The molecule has 0 saturated heterocycles. The van der Waals surface area contributed by atoms with E-state index in [0.717, 1.165) is 17.0 Å². The number of hydrogen-bond donors (Lipinski definition) is 1. The van der Waals surface area contributed by atoms with Gasteiger partial charge in [0, 0.05) is 6.07 Å². The minimum atomic E-state index is -0.684. The molecule has 0 atom stereocenters. The monoisotopic (exact) mass is 286 g/mol. The van der Waals surface area contributed by atoms with E-state index in [2.05, 4.69) is 10.5 Å². The molecule has 1 N–H and O–H groups in total. The van der Waals surface area contributed by atoms with Crippen LogP contribution < -0.4 is 5.43 Å². The molecule has 2 rings (SSSR count). The first kappa shape index (κ1) is 13.0. The van der Waals surface area contributed by atoms with Gasteiger partial charge in [-0.2, -0.15) is 5.10 Å². The Hall–Kier alpha value is -1.46. The lowest BCUT2D eigenvalue weighted by atomic mass is 10.3. The Bertz CT molecular complexity index is 596. The number of anilines is 1. The van der Waals surface area contributed by atoms with Gasteiger partial charge in [-0.15, -0.1) is 11.3 Å². The number of benzene rings is 1. The normalized spacial score (nSPS) is 11.7. The molecule has 18 heavy (non-hydrogen) atoms. The van der Waals surface area contributed by atoms with Crippen molar-refractivity contribution in [1.29, 1.82) is 0 Å². The number of halogens is 3. The molecule has 0 radical (unpaired) electrons. The molecule has 6 heteroatoms. The van der Waals surface area contributed by atoms with Crippen molar-refractivity contribution < 1.29 is 8.78 Å². The predicted molar refractivity (Wildman–Crippen MR) is 71.5 cm³/mol. The van der Waals surface area contributed by atoms with E-state index in [9.17, 15) is 8.78 Å². The summed E-state index contributed by atoms with van der Waals surface area (Å²) in [5.41, 5.74) is 3.36. The van der Waals surface area contributed by atoms with Crippen molar-refractivity contribution in [3.05, 3.63) is 51.2 Å². The Labute approximate surface area is 112 Å². The summed E-state index contributed by atoms with van der Waals surface area (Å²) in [6.45, 7) is 1.77. The number of thiophene rings is 1. The van der Waals surface area contributed by atoms with Gasteiger partial charge in [0.15, 0.2) is 5.82 Å². The van der Waals surface area contributed by atoms with Crippen LogP contribution in [0.25, 0.3) is 0 Å². The van der Waals surface area contributed by atoms with E-state index in [-0.39, 0.29) is 5.69 Å². The molecule has 0 aliphatic carbocycles. The SMILES string of the molecule is C/C(=N/Nc1ccc(F)cc1F)c1ccc(Cl)s1. The van der Waals surface area contributed by atoms with E-state index in [1.54, 1.807) is 13.0 Å². The van der Waals surface area contributed by atoms with Crippen molar-refractivity contribution in [2.75, 3.05) is 5.43 Å². The molecule has 0 fully saturated rings. The lowest BCUT2D eigenvalue weighted by Gasteiger charge is -2.03. The standard InChI is InChI=1S/C12H9ClF2N2S/c1-7(11-4-5-12(13)18-11)16-17-10-3-2-8(14)6-9(10)15/h2-6,17H,1H3/b16-7-. The molecule has 0 spiro atoms. The van der Waals surface area contributed by atoms with E-state index in [1.165, 1.54) is 17.4 Å². The van der Waals surface area contributed by atoms with Gasteiger partial charge in [0.1, 0.15) is 5.82 Å². The topological polar surface area (TPSA) is 24.4 Å². The fourth-order valence-electron chi connectivity index (χ4n) is 1.29. The summed E-state index contributed by atoms with van der Waals surface area (Å²) in [6, 6.07) is 6.85. The summed E-state index contributed by atoms with van der Waals surface area (Å²) in [6.07, 6.45) is 0. The van der Waals surface area contributed by atoms with Crippen LogP contribution in [0.5, 0.6) is 0 Å². The Morgan fingerprint density at radius 2 is 2.06 bits per heavy atom. The molecular weight excluding hydrogens is 278 g/mol. The number of nitrogens with one attached hydrogen (secondary N) is 1. The first-order valence-corrected chi connectivity index (χ1v) is 6.27. The molecule has 0 aliphatic rings. The van der Waals surface area contributed by atoms with Crippen molar-refractivity contribution in [1.82, 2.24) is 0 Å². The Kier molecular flexibility index (Phi) is 3.93. The van der Waals surface area contributed by atoms with Gasteiger partial charge in [0.25, 0.3) is 0 Å². The third-order valence-corrected chi connectivity index (χ3v) is 3.54. The highest BCUT2D eigenvalue weighted by molar-refractivity contribution is 7.18. The van der Waals surface area contributed by atoms with Gasteiger partial charge >= 0.3 is 0 Å². The maximum absolute atomic E-state index is 13.3. The third kappa shape index (κ3) is 3.05. The van der Waals surface area contributed by atoms with Crippen LogP contribution in [-0.4, -0.2) is 5.71 Å². The highest BCUT2D eigenvalue weighted by Crippen LogP contribution is 2.22. The van der Waals surface area contributed by atoms with Crippen LogP contribution in [0.1, 0.15) is 11.8 Å². The zero-order chi connectivity index (χ0) is 13.1. The van der Waals surface area contributed by atoms with Crippen LogP contribution >= 0.6 is 22.9 Å². The van der Waals surface area contributed by atoms with E-state index < -0.39 is 11.6 Å². The molecule has 1 aromatic carbocycles. The maximum atomic E-state index is 13.3. The van der Waals surface area contributed by atoms with Gasteiger partial charge in [-0.25, -0.2) is 8.78 Å². The number of nitrogens with zero attached hydrogens (tertiary/aromatic N) is 1. The van der Waals surface area contributed by atoms with Crippen LogP contribution in [0.4, 0.5) is 14.5 Å². The van der Waals surface area contributed by atoms with Crippen molar-refractivity contribution in [3.63, 3.8) is 0 Å². The average Bonchev–Trinajstić information content (AvgIpc) is 2.74. The Balaban J connectivity index is 2.15. The van der Waals surface area contributed by atoms with Gasteiger partial charge in [0.2, 0.25) is 0 Å². The quantitative estimate of drug-likeness (QED) is 0.651. The second-order valence-electron chi connectivity index (χ2n) is 3.54. The summed E-state index contributed by atoms with van der Waals surface area (Å²) in [4.78, 5) is 0.884. The lowest BCUT2D eigenvalue weighted by Crippen LogP contribution is -1.99. The molecule has 0 bridgehead atoms. The molecule has 0 unspecified atom stereocenters. The minimum absolute atomic E-state index is 0.124. The second kappa shape index (κ2) is 5.46. The van der Waals surface area contributed by atoms with E-state index in [0.29, 0.717) is 10.0 Å². The third-order valence-electron chi connectivity index (χ3n) is 2.20. The smallest absolute Gasteiger partial charge is 0.151 e. The molecule has 94 valence electrons. The van der Waals surface area contributed by atoms with Gasteiger partial charge in [-0.1, -0.05) is 11.6 Å². The minimum Gasteiger partial charge on any atom is -0.275 e. The molecule has 0 saturated carbocycles. The van der Waals surface area contributed by atoms with Crippen molar-refractivity contribution in [3.8, 4) is 0 Å². The van der Waals surface area contributed by atoms with Crippen molar-refractivity contribution in [2.45, 2.75) is 6.92 Å². The summed E-state index contributed by atoms with van der Waals surface area (Å²) >= 11 is 7.18. The molecule has 2 nitrogen and oxygen atoms in total. The Morgan fingerprint density at radius 3 is 2.67 bits per heavy atom. The fraction of sp³-hybridized carbons (Fsp3) is 0.0833. The van der Waals surface area contributed by atoms with Crippen LogP contribution in [0.15, 0.2) is 35.4 Å². The molecular formula is C12H9ClF2N2S. The van der Waals surface area contributed by atoms with Gasteiger partial charge < -0.3 is 0 Å². The maximum Gasteiger partial charge on any atom is 0.151 e. The average molecular weight is 287 g/mol. The predicted octanol–water partition coefficient (Wildman–Crippen LogP) is 4.52. The summed E-state index contributed by atoms with van der Waals surface area (Å²) in [7, 11) is 0. The summed E-state index contributed by atoms with van der Waals surface area (Å²) in [5, 5.41) is 4.02. The zero-order valence-corrected chi connectivity index (χ0v) is 10.9. The first-order valence-electron chi connectivity index (χ1n) is 5.07. The van der Waals surface area contributed by atoms with Crippen molar-refractivity contribution in [2.24, 2.45) is 5.10 Å². The van der Waals surface area contributed by atoms with Crippen molar-refractivity contribution >= 4 is 34.3 Å². The summed E-state index contributed by atoms with van der Waals surface area (Å²) < 4.78 is 26.7. The van der Waals surface area contributed by atoms with Gasteiger partial charge in [-0.05, 0) is 31.2 Å². The van der Waals surface area contributed by atoms with E-state index >= 15 is 0 Å². The highest BCUT2D eigenvalue weighted by Gasteiger charge is 2.04.